The van der Waals surface area contributed by atoms with Crippen molar-refractivity contribution in [2.75, 3.05) is 26.7 Å². The lowest BCUT2D eigenvalue weighted by atomic mass is 9.93. The number of carbonyl (C=O) groups is 1. The molecule has 0 fully saturated rings. The molecule has 126 valence electrons. The second kappa shape index (κ2) is 13.2. The summed E-state index contributed by atoms with van der Waals surface area (Å²) in [7, 11) is 1.66. The molecule has 5 nitrogen and oxygen atoms in total. The Hall–Kier alpha value is -0.530. The summed E-state index contributed by atoms with van der Waals surface area (Å²) in [6.07, 6.45) is 4.91. The van der Waals surface area contributed by atoms with Crippen LogP contribution in [0.5, 0.6) is 0 Å². The van der Waals surface area contributed by atoms with Crippen LogP contribution in [0.25, 0.3) is 0 Å². The van der Waals surface area contributed by atoms with Crippen molar-refractivity contribution in [1.82, 2.24) is 16.0 Å². The van der Waals surface area contributed by atoms with E-state index in [9.17, 15) is 4.79 Å². The van der Waals surface area contributed by atoms with Crippen molar-refractivity contribution in [3.05, 3.63) is 0 Å². The van der Waals surface area contributed by atoms with Crippen LogP contribution in [0.2, 0.25) is 0 Å². The third-order valence-corrected chi connectivity index (χ3v) is 3.14. The molecule has 6 heteroatoms. The molecule has 0 heterocycles. The van der Waals surface area contributed by atoms with Crippen molar-refractivity contribution >= 4 is 35.8 Å². The quantitative estimate of drug-likeness (QED) is 0.236. The van der Waals surface area contributed by atoms with Gasteiger partial charge in [-0.3, -0.25) is 9.79 Å². The van der Waals surface area contributed by atoms with Crippen molar-refractivity contribution in [3.63, 3.8) is 0 Å². The highest BCUT2D eigenvalue weighted by Gasteiger charge is 2.26. The summed E-state index contributed by atoms with van der Waals surface area (Å²) in [6, 6.07) is 0. The number of amides is 1. The highest BCUT2D eigenvalue weighted by atomic mass is 127. The fourth-order valence-corrected chi connectivity index (χ4v) is 1.79. The second-order valence-corrected chi connectivity index (χ2v) is 5.65. The Labute approximate surface area is 147 Å². The minimum absolute atomic E-state index is 0. The lowest BCUT2D eigenvalue weighted by Crippen LogP contribution is -2.41. The van der Waals surface area contributed by atoms with Gasteiger partial charge >= 0.3 is 0 Å². The van der Waals surface area contributed by atoms with Gasteiger partial charge < -0.3 is 16.0 Å². The van der Waals surface area contributed by atoms with Crippen LogP contribution in [0, 0.1) is 5.41 Å². The van der Waals surface area contributed by atoms with E-state index < -0.39 is 5.41 Å². The molecule has 0 saturated heterocycles. The van der Waals surface area contributed by atoms with E-state index in [1.807, 2.05) is 20.8 Å². The molecule has 0 rings (SSSR count). The molecule has 0 atom stereocenters. The van der Waals surface area contributed by atoms with Gasteiger partial charge in [0.15, 0.2) is 5.96 Å². The largest absolute Gasteiger partial charge is 0.359 e. The fraction of sp³-hybridized carbons (Fsp3) is 0.867. The molecule has 0 unspecified atom stereocenters. The minimum Gasteiger partial charge on any atom is -0.359 e. The van der Waals surface area contributed by atoms with Gasteiger partial charge in [0.25, 0.3) is 0 Å². The first-order chi connectivity index (χ1) is 9.47. The fourth-order valence-electron chi connectivity index (χ4n) is 1.79. The number of aliphatic imine (C=N–C) groups is 1. The van der Waals surface area contributed by atoms with Gasteiger partial charge in [0, 0.05) is 20.1 Å². The highest BCUT2D eigenvalue weighted by Crippen LogP contribution is 2.15. The van der Waals surface area contributed by atoms with Gasteiger partial charge in [-0.25, -0.2) is 0 Å². The van der Waals surface area contributed by atoms with E-state index in [1.165, 1.54) is 19.3 Å². The van der Waals surface area contributed by atoms with E-state index in [-0.39, 0.29) is 29.9 Å². The molecule has 0 aliphatic rings. The van der Waals surface area contributed by atoms with Crippen LogP contribution in [0.4, 0.5) is 0 Å². The van der Waals surface area contributed by atoms with Gasteiger partial charge in [-0.1, -0.05) is 26.2 Å². The SMILES string of the molecule is CCCCCCNC(=NCC(C)(C)C(=O)NC)NCC.I. The summed E-state index contributed by atoms with van der Waals surface area (Å²) in [6.45, 7) is 10.3. The zero-order valence-electron chi connectivity index (χ0n) is 14.2. The van der Waals surface area contributed by atoms with Gasteiger partial charge in [-0.15, -0.1) is 24.0 Å². The summed E-state index contributed by atoms with van der Waals surface area (Å²) in [5.41, 5.74) is -0.487. The normalized spacial score (nSPS) is 11.6. The molecule has 0 saturated carbocycles. The highest BCUT2D eigenvalue weighted by molar-refractivity contribution is 14.0. The van der Waals surface area contributed by atoms with Gasteiger partial charge in [-0.2, -0.15) is 0 Å². The van der Waals surface area contributed by atoms with Crippen molar-refractivity contribution in [1.29, 1.82) is 0 Å². The molecular formula is C15H33IN4O. The topological polar surface area (TPSA) is 65.5 Å². The molecular weight excluding hydrogens is 379 g/mol. The van der Waals surface area contributed by atoms with Gasteiger partial charge in [-0.05, 0) is 27.2 Å². The predicted molar refractivity (Wildman–Crippen MR) is 101 cm³/mol. The summed E-state index contributed by atoms with van der Waals surface area (Å²) >= 11 is 0. The Morgan fingerprint density at radius 3 is 2.29 bits per heavy atom. The van der Waals surface area contributed by atoms with E-state index in [4.69, 9.17) is 0 Å². The van der Waals surface area contributed by atoms with E-state index in [1.54, 1.807) is 7.05 Å². The molecule has 0 spiro atoms. The number of nitrogens with zero attached hydrogens (tertiary/aromatic N) is 1. The number of hydrogen-bond acceptors (Lipinski definition) is 2. The minimum atomic E-state index is -0.487. The third-order valence-electron chi connectivity index (χ3n) is 3.14. The molecule has 0 aromatic rings. The smallest absolute Gasteiger partial charge is 0.227 e. The Balaban J connectivity index is 0. The Kier molecular flexibility index (Phi) is 14.2. The Morgan fingerprint density at radius 1 is 1.10 bits per heavy atom. The standard InChI is InChI=1S/C15H32N4O.HI/c1-6-8-9-10-11-18-14(17-7-2)19-12-15(3,4)13(20)16-5;/h6-12H2,1-5H3,(H,16,20)(H2,17,18,19);1H. The van der Waals surface area contributed by atoms with Crippen molar-refractivity contribution in [3.8, 4) is 0 Å². The Morgan fingerprint density at radius 2 is 1.76 bits per heavy atom. The molecule has 0 aromatic heterocycles. The van der Waals surface area contributed by atoms with Crippen LogP contribution in [-0.2, 0) is 4.79 Å². The number of unbranched alkanes of at least 4 members (excludes halogenated alkanes) is 3. The maximum atomic E-state index is 11.7. The maximum absolute atomic E-state index is 11.7. The summed E-state index contributed by atoms with van der Waals surface area (Å²) in [5.74, 6) is 0.807. The number of guanidine groups is 1. The number of hydrogen-bond donors (Lipinski definition) is 3. The van der Waals surface area contributed by atoms with Crippen molar-refractivity contribution in [2.45, 2.75) is 53.4 Å². The first-order valence-electron chi connectivity index (χ1n) is 7.72. The third kappa shape index (κ3) is 10.8. The number of nitrogens with one attached hydrogen (secondary N) is 3. The van der Waals surface area contributed by atoms with E-state index in [2.05, 4.69) is 27.9 Å². The maximum Gasteiger partial charge on any atom is 0.227 e. The first-order valence-corrected chi connectivity index (χ1v) is 7.72. The molecule has 0 aromatic carbocycles. The molecule has 0 aliphatic carbocycles. The van der Waals surface area contributed by atoms with Crippen LogP contribution < -0.4 is 16.0 Å². The zero-order chi connectivity index (χ0) is 15.4. The van der Waals surface area contributed by atoms with Crippen LogP contribution in [0.3, 0.4) is 0 Å². The summed E-state index contributed by atoms with van der Waals surface area (Å²) < 4.78 is 0. The monoisotopic (exact) mass is 412 g/mol. The molecule has 0 bridgehead atoms. The number of carbonyl (C=O) groups excluding carboxylic acids is 1. The van der Waals surface area contributed by atoms with Crippen LogP contribution in [0.1, 0.15) is 53.4 Å². The summed E-state index contributed by atoms with van der Waals surface area (Å²) in [4.78, 5) is 16.2. The molecule has 0 radical (unpaired) electrons. The second-order valence-electron chi connectivity index (χ2n) is 5.65. The molecule has 21 heavy (non-hydrogen) atoms. The van der Waals surface area contributed by atoms with Crippen molar-refractivity contribution < 1.29 is 4.79 Å². The van der Waals surface area contributed by atoms with Crippen LogP contribution >= 0.6 is 24.0 Å². The van der Waals surface area contributed by atoms with Gasteiger partial charge in [0.05, 0.1) is 12.0 Å². The molecule has 0 aliphatic heterocycles. The van der Waals surface area contributed by atoms with E-state index in [0.717, 1.165) is 25.5 Å². The van der Waals surface area contributed by atoms with Crippen LogP contribution in [0.15, 0.2) is 4.99 Å². The Bertz CT molecular complexity index is 306. The lowest BCUT2D eigenvalue weighted by molar-refractivity contribution is -0.128. The van der Waals surface area contributed by atoms with E-state index >= 15 is 0 Å². The van der Waals surface area contributed by atoms with Crippen LogP contribution in [-0.4, -0.2) is 38.5 Å². The lowest BCUT2D eigenvalue weighted by Gasteiger charge is -2.21. The molecule has 3 N–H and O–H groups in total. The average Bonchev–Trinajstić information content (AvgIpc) is 2.43. The average molecular weight is 412 g/mol. The number of halogens is 1. The summed E-state index contributed by atoms with van der Waals surface area (Å²) in [5, 5.41) is 9.20. The number of rotatable bonds is 9. The van der Waals surface area contributed by atoms with Crippen molar-refractivity contribution in [2.24, 2.45) is 10.4 Å². The van der Waals surface area contributed by atoms with Gasteiger partial charge in [0.2, 0.25) is 5.91 Å². The van der Waals surface area contributed by atoms with Gasteiger partial charge in [0.1, 0.15) is 0 Å². The van der Waals surface area contributed by atoms with E-state index in [0.29, 0.717) is 6.54 Å². The predicted octanol–water partition coefficient (Wildman–Crippen LogP) is 2.51. The first kappa shape index (κ1) is 22.7. The zero-order valence-corrected chi connectivity index (χ0v) is 16.5. The molecule has 1 amide bonds.